The second kappa shape index (κ2) is 12.2. The SMILES string of the molecule is C1=CC2Oc3c(-c4ccccc4)cccc3C2C(c2cccc(-c3nc(-c4ccc5ccccc5c4)nc(-c4cccc5c4oc4ccccc45)n3)c2)=C1. The zero-order valence-electron chi connectivity index (χ0n) is 29.1. The summed E-state index contributed by atoms with van der Waals surface area (Å²) in [4.78, 5) is 15.4. The molecule has 5 nitrogen and oxygen atoms in total. The van der Waals surface area contributed by atoms with Crippen molar-refractivity contribution in [2.24, 2.45) is 0 Å². The average molecular weight is 694 g/mol. The Morgan fingerprint density at radius 3 is 2.07 bits per heavy atom. The molecule has 7 aromatic carbocycles. The van der Waals surface area contributed by atoms with Gasteiger partial charge < -0.3 is 9.15 Å². The van der Waals surface area contributed by atoms with Gasteiger partial charge in [0.2, 0.25) is 0 Å². The van der Waals surface area contributed by atoms with Gasteiger partial charge in [0, 0.05) is 33.0 Å². The lowest BCUT2D eigenvalue weighted by atomic mass is 9.80. The van der Waals surface area contributed by atoms with Gasteiger partial charge in [0.25, 0.3) is 0 Å². The summed E-state index contributed by atoms with van der Waals surface area (Å²) >= 11 is 0. The lowest BCUT2D eigenvalue weighted by Gasteiger charge is -2.23. The molecule has 0 bridgehead atoms. The maximum absolute atomic E-state index is 6.71. The van der Waals surface area contributed by atoms with Gasteiger partial charge in [-0.05, 0) is 57.8 Å². The van der Waals surface area contributed by atoms with E-state index in [1.807, 2.05) is 36.4 Å². The molecule has 0 spiro atoms. The van der Waals surface area contributed by atoms with Crippen LogP contribution in [0, 0.1) is 0 Å². The molecular formula is C49H31N3O2. The Balaban J connectivity index is 1.06. The Hall–Kier alpha value is -7.11. The second-order valence-corrected chi connectivity index (χ2v) is 13.9. The van der Waals surface area contributed by atoms with E-state index in [2.05, 4.69) is 140 Å². The van der Waals surface area contributed by atoms with Gasteiger partial charge in [-0.25, -0.2) is 15.0 Å². The van der Waals surface area contributed by atoms with Gasteiger partial charge in [-0.15, -0.1) is 0 Å². The summed E-state index contributed by atoms with van der Waals surface area (Å²) in [5, 5.41) is 4.38. The maximum Gasteiger partial charge on any atom is 0.167 e. The first-order valence-electron chi connectivity index (χ1n) is 18.3. The molecule has 0 amide bonds. The van der Waals surface area contributed by atoms with Crippen molar-refractivity contribution in [1.29, 1.82) is 0 Å². The molecule has 0 radical (unpaired) electrons. The van der Waals surface area contributed by atoms with Gasteiger partial charge >= 0.3 is 0 Å². The first-order chi connectivity index (χ1) is 26.7. The highest BCUT2D eigenvalue weighted by Crippen LogP contribution is 2.51. The number of furan rings is 1. The van der Waals surface area contributed by atoms with Gasteiger partial charge in [0.1, 0.15) is 23.0 Å². The van der Waals surface area contributed by atoms with Crippen LogP contribution in [0.2, 0.25) is 0 Å². The molecule has 1 aliphatic carbocycles. The molecule has 1 aliphatic heterocycles. The number of hydrogen-bond donors (Lipinski definition) is 0. The lowest BCUT2D eigenvalue weighted by Crippen LogP contribution is -2.19. The quantitative estimate of drug-likeness (QED) is 0.180. The number of allylic oxidation sites excluding steroid dienone is 2. The van der Waals surface area contributed by atoms with Gasteiger partial charge in [0.05, 0.1) is 11.5 Å². The highest BCUT2D eigenvalue weighted by molar-refractivity contribution is 6.09. The van der Waals surface area contributed by atoms with Gasteiger partial charge in [-0.2, -0.15) is 0 Å². The number of aromatic nitrogens is 3. The largest absolute Gasteiger partial charge is 0.484 e. The summed E-state index contributed by atoms with van der Waals surface area (Å²) in [6.45, 7) is 0. The Kier molecular flexibility index (Phi) is 6.92. The fourth-order valence-corrected chi connectivity index (χ4v) is 8.14. The number of para-hydroxylation sites is 3. The molecule has 2 unspecified atom stereocenters. The third kappa shape index (κ3) is 4.97. The van der Waals surface area contributed by atoms with Gasteiger partial charge in [-0.1, -0.05) is 146 Å². The average Bonchev–Trinajstić information content (AvgIpc) is 3.83. The number of nitrogens with zero attached hydrogens (tertiary/aromatic N) is 3. The summed E-state index contributed by atoms with van der Waals surface area (Å²) in [5.74, 6) is 2.76. The minimum absolute atomic E-state index is 0.0525. The fourth-order valence-electron chi connectivity index (χ4n) is 8.14. The van der Waals surface area contributed by atoms with Crippen LogP contribution in [0.3, 0.4) is 0 Å². The van der Waals surface area contributed by atoms with E-state index in [-0.39, 0.29) is 12.0 Å². The van der Waals surface area contributed by atoms with Crippen LogP contribution in [0.5, 0.6) is 5.75 Å². The summed E-state index contributed by atoms with van der Waals surface area (Å²) < 4.78 is 13.2. The standard InChI is InChI=1S/C49H31N3O2/c1-2-13-31(14-3-1)37-20-9-22-40-44-36(19-11-25-43(44)54-45(37)40)33-16-8-17-34(29-33)47-50-48(35-27-26-30-12-4-5-15-32(30)28-35)52-49(51-47)41-23-10-21-39-38-18-6-7-24-42(38)53-46(39)41/h1-29,43-44H. The van der Waals surface area contributed by atoms with E-state index in [4.69, 9.17) is 24.1 Å². The Morgan fingerprint density at radius 2 is 1.17 bits per heavy atom. The predicted molar refractivity (Wildman–Crippen MR) is 217 cm³/mol. The molecule has 11 rings (SSSR count). The number of hydrogen-bond acceptors (Lipinski definition) is 5. The van der Waals surface area contributed by atoms with Crippen LogP contribution in [0.25, 0.3) is 83.6 Å². The van der Waals surface area contributed by atoms with E-state index in [0.29, 0.717) is 17.5 Å². The normalized spacial score (nSPS) is 16.0. The van der Waals surface area contributed by atoms with Crippen molar-refractivity contribution in [2.45, 2.75) is 12.0 Å². The number of benzene rings is 7. The van der Waals surface area contributed by atoms with Crippen LogP contribution in [-0.2, 0) is 0 Å². The molecule has 0 saturated carbocycles. The minimum atomic E-state index is -0.0962. The fraction of sp³-hybridized carbons (Fsp3) is 0.0408. The van der Waals surface area contributed by atoms with Crippen LogP contribution < -0.4 is 4.74 Å². The molecule has 254 valence electrons. The topological polar surface area (TPSA) is 61.0 Å². The molecule has 2 atom stereocenters. The van der Waals surface area contributed by atoms with Gasteiger partial charge in [-0.3, -0.25) is 0 Å². The van der Waals surface area contributed by atoms with E-state index in [9.17, 15) is 0 Å². The molecule has 0 N–H and O–H groups in total. The second-order valence-electron chi connectivity index (χ2n) is 13.9. The number of fused-ring (bicyclic) bond motifs is 7. The van der Waals surface area contributed by atoms with Crippen LogP contribution in [0.1, 0.15) is 17.0 Å². The van der Waals surface area contributed by atoms with Crippen molar-refractivity contribution >= 4 is 38.3 Å². The van der Waals surface area contributed by atoms with Crippen molar-refractivity contribution in [3.8, 4) is 51.0 Å². The monoisotopic (exact) mass is 693 g/mol. The number of ether oxygens (including phenoxy) is 1. The van der Waals surface area contributed by atoms with E-state index < -0.39 is 0 Å². The molecule has 3 heterocycles. The first-order valence-corrected chi connectivity index (χ1v) is 18.3. The van der Waals surface area contributed by atoms with Crippen LogP contribution in [0.15, 0.2) is 180 Å². The zero-order valence-corrected chi connectivity index (χ0v) is 29.1. The summed E-state index contributed by atoms with van der Waals surface area (Å²) in [6, 6.07) is 54.5. The Morgan fingerprint density at radius 1 is 0.481 bits per heavy atom. The zero-order chi connectivity index (χ0) is 35.6. The summed E-state index contributed by atoms with van der Waals surface area (Å²) in [7, 11) is 0. The van der Waals surface area contributed by atoms with E-state index in [1.165, 1.54) is 11.1 Å². The van der Waals surface area contributed by atoms with E-state index >= 15 is 0 Å². The Labute approximate surface area is 311 Å². The predicted octanol–water partition coefficient (Wildman–Crippen LogP) is 12.1. The van der Waals surface area contributed by atoms with Crippen molar-refractivity contribution in [3.05, 3.63) is 187 Å². The van der Waals surface area contributed by atoms with Crippen molar-refractivity contribution in [1.82, 2.24) is 15.0 Å². The maximum atomic E-state index is 6.71. The number of rotatable bonds is 5. The molecule has 2 aromatic heterocycles. The molecule has 0 saturated heterocycles. The third-order valence-electron chi connectivity index (χ3n) is 10.7. The molecule has 9 aromatic rings. The summed E-state index contributed by atoms with van der Waals surface area (Å²) in [6.07, 6.45) is 6.40. The Bertz CT molecular complexity index is 3000. The summed E-state index contributed by atoms with van der Waals surface area (Å²) in [5.41, 5.74) is 9.99. The van der Waals surface area contributed by atoms with Crippen LogP contribution in [0.4, 0.5) is 0 Å². The lowest BCUT2D eigenvalue weighted by molar-refractivity contribution is 0.272. The minimum Gasteiger partial charge on any atom is -0.484 e. The highest BCUT2D eigenvalue weighted by Gasteiger charge is 2.38. The highest BCUT2D eigenvalue weighted by atomic mass is 16.5. The van der Waals surface area contributed by atoms with Crippen molar-refractivity contribution < 1.29 is 9.15 Å². The van der Waals surface area contributed by atoms with E-state index in [1.54, 1.807) is 0 Å². The van der Waals surface area contributed by atoms with E-state index in [0.717, 1.165) is 71.8 Å². The molecule has 2 aliphatic rings. The van der Waals surface area contributed by atoms with Crippen molar-refractivity contribution in [2.75, 3.05) is 0 Å². The van der Waals surface area contributed by atoms with Crippen LogP contribution >= 0.6 is 0 Å². The molecular weight excluding hydrogens is 663 g/mol. The first kappa shape index (κ1) is 30.5. The smallest absolute Gasteiger partial charge is 0.167 e. The molecule has 5 heteroatoms. The molecule has 0 fully saturated rings. The third-order valence-corrected chi connectivity index (χ3v) is 10.7. The van der Waals surface area contributed by atoms with Crippen molar-refractivity contribution in [3.63, 3.8) is 0 Å². The van der Waals surface area contributed by atoms with Gasteiger partial charge in [0.15, 0.2) is 17.5 Å². The molecule has 54 heavy (non-hydrogen) atoms. The van der Waals surface area contributed by atoms with Crippen LogP contribution in [-0.4, -0.2) is 21.1 Å².